The van der Waals surface area contributed by atoms with Gasteiger partial charge in [0.15, 0.2) is 0 Å². The van der Waals surface area contributed by atoms with Gasteiger partial charge in [-0.2, -0.15) is 0 Å². The molecule has 1 saturated heterocycles. The maximum atomic E-state index is 13.4. The van der Waals surface area contributed by atoms with E-state index in [1.165, 1.54) is 19.2 Å². The van der Waals surface area contributed by atoms with E-state index in [9.17, 15) is 9.18 Å². The summed E-state index contributed by atoms with van der Waals surface area (Å²) < 4.78 is 18.6. The van der Waals surface area contributed by atoms with Gasteiger partial charge >= 0.3 is 0 Å². The maximum Gasteiger partial charge on any atom is 0.224 e. The number of methoxy groups -OCH3 is 1. The van der Waals surface area contributed by atoms with E-state index in [2.05, 4.69) is 4.90 Å². The van der Waals surface area contributed by atoms with Gasteiger partial charge in [0.25, 0.3) is 0 Å². The molecule has 1 fully saturated rings. The third kappa shape index (κ3) is 5.74. The second-order valence-corrected chi connectivity index (χ2v) is 6.41. The average Bonchev–Trinajstić information content (AvgIpc) is 2.68. The molecule has 2 N–H and O–H groups in total. The van der Waals surface area contributed by atoms with Crippen LogP contribution >= 0.6 is 24.8 Å². The number of halogens is 3. The number of nitrogens with two attached hydrogens (primary N) is 1. The molecule has 5 nitrogen and oxygen atoms in total. The lowest BCUT2D eigenvalue weighted by atomic mass is 10.0. The molecule has 0 saturated carbocycles. The van der Waals surface area contributed by atoms with Gasteiger partial charge in [0, 0.05) is 44.7 Å². The van der Waals surface area contributed by atoms with Crippen molar-refractivity contribution in [1.29, 1.82) is 0 Å². The molecule has 0 bridgehead atoms. The maximum absolute atomic E-state index is 13.4. The van der Waals surface area contributed by atoms with Crippen LogP contribution in [0.15, 0.2) is 48.5 Å². The first-order valence-corrected chi connectivity index (χ1v) is 8.75. The molecule has 1 amide bonds. The SMILES string of the molecule is COc1cc(F)ccc1N1CCN(C(=O)CC(N)c2ccccc2)CC1.Cl.Cl. The second kappa shape index (κ2) is 11.1. The molecule has 3 rings (SSSR count). The van der Waals surface area contributed by atoms with Gasteiger partial charge in [0.1, 0.15) is 11.6 Å². The highest BCUT2D eigenvalue weighted by Crippen LogP contribution is 2.29. The molecule has 0 aliphatic carbocycles. The molecule has 28 heavy (non-hydrogen) atoms. The summed E-state index contributed by atoms with van der Waals surface area (Å²) in [5.74, 6) is 0.247. The van der Waals surface area contributed by atoms with E-state index in [0.717, 1.165) is 11.3 Å². The molecule has 2 aromatic carbocycles. The summed E-state index contributed by atoms with van der Waals surface area (Å²) in [7, 11) is 1.53. The van der Waals surface area contributed by atoms with Crippen molar-refractivity contribution in [3.05, 3.63) is 59.9 Å². The lowest BCUT2D eigenvalue weighted by Gasteiger charge is -2.37. The van der Waals surface area contributed by atoms with Crippen molar-refractivity contribution in [2.45, 2.75) is 12.5 Å². The Morgan fingerprint density at radius 1 is 1.11 bits per heavy atom. The Kier molecular flexibility index (Phi) is 9.52. The monoisotopic (exact) mass is 429 g/mol. The zero-order chi connectivity index (χ0) is 18.5. The molecule has 1 heterocycles. The first-order valence-electron chi connectivity index (χ1n) is 8.75. The first-order chi connectivity index (χ1) is 12.6. The Labute approximate surface area is 177 Å². The molecule has 1 atom stereocenters. The molecular weight excluding hydrogens is 404 g/mol. The van der Waals surface area contributed by atoms with Gasteiger partial charge in [-0.05, 0) is 17.7 Å². The van der Waals surface area contributed by atoms with Crippen molar-refractivity contribution in [3.8, 4) is 5.75 Å². The lowest BCUT2D eigenvalue weighted by Crippen LogP contribution is -2.49. The summed E-state index contributed by atoms with van der Waals surface area (Å²) in [6.45, 7) is 2.57. The topological polar surface area (TPSA) is 58.8 Å². The van der Waals surface area contributed by atoms with Gasteiger partial charge in [-0.1, -0.05) is 30.3 Å². The van der Waals surface area contributed by atoms with Crippen molar-refractivity contribution in [2.24, 2.45) is 5.73 Å². The summed E-state index contributed by atoms with van der Waals surface area (Å²) in [6.07, 6.45) is 0.296. The van der Waals surface area contributed by atoms with Crippen molar-refractivity contribution in [3.63, 3.8) is 0 Å². The highest BCUT2D eigenvalue weighted by Gasteiger charge is 2.24. The molecule has 1 unspecified atom stereocenters. The second-order valence-electron chi connectivity index (χ2n) is 6.41. The third-order valence-electron chi connectivity index (χ3n) is 4.74. The Bertz CT molecular complexity index is 756. The number of carbonyl (C=O) groups excluding carboxylic acids is 1. The highest BCUT2D eigenvalue weighted by molar-refractivity contribution is 5.85. The number of nitrogens with zero attached hydrogens (tertiary/aromatic N) is 2. The van der Waals surface area contributed by atoms with Crippen LogP contribution < -0.4 is 15.4 Å². The van der Waals surface area contributed by atoms with Crippen LogP contribution in [0.25, 0.3) is 0 Å². The van der Waals surface area contributed by atoms with Crippen LogP contribution in [0.4, 0.5) is 10.1 Å². The Balaban J connectivity index is 0.00000196. The number of carbonyl (C=O) groups is 1. The number of ether oxygens (including phenoxy) is 1. The average molecular weight is 430 g/mol. The summed E-state index contributed by atoms with van der Waals surface area (Å²) in [5, 5.41) is 0. The van der Waals surface area contributed by atoms with Crippen LogP contribution in [0, 0.1) is 5.82 Å². The van der Waals surface area contributed by atoms with Gasteiger partial charge in [-0.15, -0.1) is 24.8 Å². The minimum absolute atomic E-state index is 0. The summed E-state index contributed by atoms with van der Waals surface area (Å²) in [6, 6.07) is 13.9. The number of anilines is 1. The van der Waals surface area contributed by atoms with Crippen LogP contribution in [0.2, 0.25) is 0 Å². The predicted molar refractivity (Wildman–Crippen MR) is 114 cm³/mol. The molecule has 0 radical (unpaired) electrons. The number of hydrogen-bond donors (Lipinski definition) is 1. The quantitative estimate of drug-likeness (QED) is 0.790. The fourth-order valence-corrected chi connectivity index (χ4v) is 3.24. The molecule has 154 valence electrons. The third-order valence-corrected chi connectivity index (χ3v) is 4.74. The van der Waals surface area contributed by atoms with Crippen LogP contribution in [-0.4, -0.2) is 44.1 Å². The molecule has 1 aliphatic rings. The fraction of sp³-hybridized carbons (Fsp3) is 0.350. The lowest BCUT2D eigenvalue weighted by molar-refractivity contribution is -0.131. The van der Waals surface area contributed by atoms with Crippen molar-refractivity contribution in [2.75, 3.05) is 38.2 Å². The van der Waals surface area contributed by atoms with E-state index >= 15 is 0 Å². The minimum atomic E-state index is -0.325. The molecule has 2 aromatic rings. The summed E-state index contributed by atoms with van der Waals surface area (Å²) in [4.78, 5) is 16.5. The van der Waals surface area contributed by atoms with E-state index in [1.807, 2.05) is 35.2 Å². The van der Waals surface area contributed by atoms with Gasteiger partial charge in [0.2, 0.25) is 5.91 Å². The minimum Gasteiger partial charge on any atom is -0.494 e. The van der Waals surface area contributed by atoms with Crippen molar-refractivity contribution in [1.82, 2.24) is 4.90 Å². The Morgan fingerprint density at radius 3 is 2.36 bits per heavy atom. The normalized spacial score (nSPS) is 14.5. The van der Waals surface area contributed by atoms with E-state index < -0.39 is 0 Å². The molecule has 0 spiro atoms. The van der Waals surface area contributed by atoms with Gasteiger partial charge in [0.05, 0.1) is 12.8 Å². The molecule has 1 aliphatic heterocycles. The van der Waals surface area contributed by atoms with Gasteiger partial charge in [-0.25, -0.2) is 4.39 Å². The molecule has 8 heteroatoms. The molecule has 0 aromatic heterocycles. The molecular formula is C20H26Cl2FN3O2. The van der Waals surface area contributed by atoms with Gasteiger partial charge < -0.3 is 20.3 Å². The van der Waals surface area contributed by atoms with Crippen LogP contribution in [0.1, 0.15) is 18.0 Å². The first kappa shape index (κ1) is 24.0. The number of rotatable bonds is 5. The largest absolute Gasteiger partial charge is 0.494 e. The predicted octanol–water partition coefficient (Wildman–Crippen LogP) is 3.42. The highest BCUT2D eigenvalue weighted by atomic mass is 35.5. The number of benzene rings is 2. The van der Waals surface area contributed by atoms with Crippen LogP contribution in [0.5, 0.6) is 5.75 Å². The van der Waals surface area contributed by atoms with E-state index in [4.69, 9.17) is 10.5 Å². The zero-order valence-electron chi connectivity index (χ0n) is 15.7. The zero-order valence-corrected chi connectivity index (χ0v) is 17.3. The standard InChI is InChI=1S/C20H24FN3O2.2ClH/c1-26-19-13-16(21)7-8-18(19)23-9-11-24(12-10-23)20(25)14-17(22)15-5-3-2-4-6-15;;/h2-8,13,17H,9-12,14,22H2,1H3;2*1H. The Morgan fingerprint density at radius 2 is 1.75 bits per heavy atom. The van der Waals surface area contributed by atoms with Crippen LogP contribution in [-0.2, 0) is 4.79 Å². The van der Waals surface area contributed by atoms with E-state index in [-0.39, 0.29) is 42.6 Å². The van der Waals surface area contributed by atoms with Crippen LogP contribution in [0.3, 0.4) is 0 Å². The van der Waals surface area contributed by atoms with E-state index in [1.54, 1.807) is 6.07 Å². The number of amides is 1. The van der Waals surface area contributed by atoms with Gasteiger partial charge in [-0.3, -0.25) is 4.79 Å². The van der Waals surface area contributed by atoms with E-state index in [0.29, 0.717) is 38.3 Å². The van der Waals surface area contributed by atoms with Crippen molar-refractivity contribution >= 4 is 36.4 Å². The smallest absolute Gasteiger partial charge is 0.224 e. The summed E-state index contributed by atoms with van der Waals surface area (Å²) >= 11 is 0. The number of piperazine rings is 1. The fourth-order valence-electron chi connectivity index (χ4n) is 3.24. The Hall–Kier alpha value is -2.02. The number of hydrogen-bond acceptors (Lipinski definition) is 4. The summed E-state index contributed by atoms with van der Waals surface area (Å²) in [5.41, 5.74) is 7.98. The van der Waals surface area contributed by atoms with Crippen molar-refractivity contribution < 1.29 is 13.9 Å².